The van der Waals surface area contributed by atoms with Gasteiger partial charge in [-0.15, -0.1) is 0 Å². The predicted octanol–water partition coefficient (Wildman–Crippen LogP) is 1.40. The van der Waals surface area contributed by atoms with Crippen LogP contribution in [0.15, 0.2) is 18.2 Å². The zero-order chi connectivity index (χ0) is 11.1. The van der Waals surface area contributed by atoms with Gasteiger partial charge in [-0.1, -0.05) is 12.1 Å². The number of hydrogen-bond acceptors (Lipinski definition) is 3. The number of hydrogen-bond donors (Lipinski definition) is 1. The summed E-state index contributed by atoms with van der Waals surface area (Å²) in [7, 11) is 1.75. The Kier molecular flexibility index (Phi) is 2.28. The van der Waals surface area contributed by atoms with Crippen LogP contribution in [0, 0.1) is 5.92 Å². The quantitative estimate of drug-likeness (QED) is 0.815. The molecule has 1 saturated heterocycles. The summed E-state index contributed by atoms with van der Waals surface area (Å²) >= 11 is 0. The van der Waals surface area contributed by atoms with E-state index in [0.717, 1.165) is 25.3 Å². The van der Waals surface area contributed by atoms with Gasteiger partial charge in [-0.25, -0.2) is 0 Å². The Bertz CT molecular complexity index is 405. The molecule has 3 nitrogen and oxygen atoms in total. The van der Waals surface area contributed by atoms with E-state index in [1.807, 2.05) is 0 Å². The van der Waals surface area contributed by atoms with Crippen molar-refractivity contribution in [3.63, 3.8) is 0 Å². The zero-order valence-corrected chi connectivity index (χ0v) is 9.65. The smallest absolute Gasteiger partial charge is 0.142 e. The minimum Gasteiger partial charge on any atom is -0.495 e. The SMILES string of the molecule is COc1cccc2c1N1CCC(CN)C1C2. The molecule has 2 N–H and O–H groups in total. The van der Waals surface area contributed by atoms with Crippen LogP contribution in [0.4, 0.5) is 5.69 Å². The minimum atomic E-state index is 0.608. The molecule has 1 fully saturated rings. The second-order valence-electron chi connectivity index (χ2n) is 4.72. The van der Waals surface area contributed by atoms with Crippen LogP contribution in [0.25, 0.3) is 0 Å². The van der Waals surface area contributed by atoms with Crippen molar-refractivity contribution in [1.29, 1.82) is 0 Å². The van der Waals surface area contributed by atoms with Crippen LogP contribution in [0.3, 0.4) is 0 Å². The van der Waals surface area contributed by atoms with E-state index in [9.17, 15) is 0 Å². The van der Waals surface area contributed by atoms with Gasteiger partial charge in [0.1, 0.15) is 5.75 Å². The first-order valence-corrected chi connectivity index (χ1v) is 5.97. The summed E-state index contributed by atoms with van der Waals surface area (Å²) in [5, 5.41) is 0. The van der Waals surface area contributed by atoms with Gasteiger partial charge in [0, 0.05) is 12.6 Å². The molecule has 86 valence electrons. The Balaban J connectivity index is 2.01. The molecule has 0 aliphatic carbocycles. The van der Waals surface area contributed by atoms with Gasteiger partial charge >= 0.3 is 0 Å². The highest BCUT2D eigenvalue weighted by Crippen LogP contribution is 2.45. The Morgan fingerprint density at radius 1 is 1.50 bits per heavy atom. The third-order valence-corrected chi connectivity index (χ3v) is 4.01. The van der Waals surface area contributed by atoms with E-state index in [0.29, 0.717) is 12.0 Å². The highest BCUT2D eigenvalue weighted by molar-refractivity contribution is 5.69. The standard InChI is InChI=1S/C13H18N2O/c1-16-12-4-2-3-9-7-11-10(8-14)5-6-15(11)13(9)12/h2-4,10-11H,5-8,14H2,1H3. The molecule has 1 aromatic carbocycles. The third kappa shape index (κ3) is 1.24. The lowest BCUT2D eigenvalue weighted by atomic mass is 9.97. The summed E-state index contributed by atoms with van der Waals surface area (Å²) < 4.78 is 5.46. The van der Waals surface area contributed by atoms with Gasteiger partial charge in [0.25, 0.3) is 0 Å². The van der Waals surface area contributed by atoms with Crippen molar-refractivity contribution < 1.29 is 4.74 Å². The van der Waals surface area contributed by atoms with E-state index >= 15 is 0 Å². The van der Waals surface area contributed by atoms with Crippen molar-refractivity contribution >= 4 is 5.69 Å². The van der Waals surface area contributed by atoms with Crippen molar-refractivity contribution in [2.24, 2.45) is 11.7 Å². The highest BCUT2D eigenvalue weighted by Gasteiger charge is 2.40. The van der Waals surface area contributed by atoms with Crippen LogP contribution >= 0.6 is 0 Å². The molecule has 3 rings (SSSR count). The Morgan fingerprint density at radius 2 is 2.38 bits per heavy atom. The number of rotatable bonds is 2. The monoisotopic (exact) mass is 218 g/mol. The van der Waals surface area contributed by atoms with E-state index in [-0.39, 0.29) is 0 Å². The van der Waals surface area contributed by atoms with Crippen LogP contribution in [0.1, 0.15) is 12.0 Å². The summed E-state index contributed by atoms with van der Waals surface area (Å²) in [6, 6.07) is 6.95. The Labute approximate surface area is 96.2 Å². The molecular weight excluding hydrogens is 200 g/mol. The number of ether oxygens (including phenoxy) is 1. The average Bonchev–Trinajstić information content (AvgIpc) is 2.86. The molecule has 3 heteroatoms. The molecule has 0 bridgehead atoms. The first-order valence-electron chi connectivity index (χ1n) is 5.97. The molecular formula is C13H18N2O. The number of benzene rings is 1. The van der Waals surface area contributed by atoms with E-state index in [4.69, 9.17) is 10.5 Å². The fourth-order valence-corrected chi connectivity index (χ4v) is 3.20. The van der Waals surface area contributed by atoms with Crippen molar-refractivity contribution in [1.82, 2.24) is 0 Å². The van der Waals surface area contributed by atoms with E-state index < -0.39 is 0 Å². The van der Waals surface area contributed by atoms with Crippen LogP contribution in [0.5, 0.6) is 5.75 Å². The fraction of sp³-hybridized carbons (Fsp3) is 0.538. The summed E-state index contributed by atoms with van der Waals surface area (Å²) in [4.78, 5) is 2.49. The highest BCUT2D eigenvalue weighted by atomic mass is 16.5. The summed E-state index contributed by atoms with van der Waals surface area (Å²) in [6.07, 6.45) is 2.35. The first-order chi connectivity index (χ1) is 7.85. The van der Waals surface area contributed by atoms with Crippen molar-refractivity contribution in [3.8, 4) is 5.75 Å². The Morgan fingerprint density at radius 3 is 3.12 bits per heavy atom. The lowest BCUT2D eigenvalue weighted by molar-refractivity contribution is 0.414. The lowest BCUT2D eigenvalue weighted by Crippen LogP contribution is -2.32. The summed E-state index contributed by atoms with van der Waals surface area (Å²) in [6.45, 7) is 1.93. The summed E-state index contributed by atoms with van der Waals surface area (Å²) in [5.41, 5.74) is 8.57. The largest absolute Gasteiger partial charge is 0.495 e. The van der Waals surface area contributed by atoms with Crippen LogP contribution in [-0.2, 0) is 6.42 Å². The molecule has 2 atom stereocenters. The first kappa shape index (κ1) is 9.97. The topological polar surface area (TPSA) is 38.5 Å². The number of nitrogens with zero attached hydrogens (tertiary/aromatic N) is 1. The molecule has 0 saturated carbocycles. The van der Waals surface area contributed by atoms with E-state index in [1.54, 1.807) is 7.11 Å². The number of anilines is 1. The molecule has 2 aliphatic rings. The number of fused-ring (bicyclic) bond motifs is 3. The van der Waals surface area contributed by atoms with Gasteiger partial charge < -0.3 is 15.4 Å². The maximum absolute atomic E-state index is 5.84. The molecule has 2 unspecified atom stereocenters. The molecule has 1 aromatic rings. The second kappa shape index (κ2) is 3.67. The van der Waals surface area contributed by atoms with Crippen LogP contribution < -0.4 is 15.4 Å². The van der Waals surface area contributed by atoms with Gasteiger partial charge in [0.05, 0.1) is 12.8 Å². The number of methoxy groups -OCH3 is 1. The second-order valence-corrected chi connectivity index (χ2v) is 4.72. The van der Waals surface area contributed by atoms with E-state index in [1.165, 1.54) is 17.7 Å². The maximum atomic E-state index is 5.84. The van der Waals surface area contributed by atoms with Gasteiger partial charge in [-0.3, -0.25) is 0 Å². The average molecular weight is 218 g/mol. The van der Waals surface area contributed by atoms with Crippen molar-refractivity contribution in [3.05, 3.63) is 23.8 Å². The van der Waals surface area contributed by atoms with Gasteiger partial charge in [0.2, 0.25) is 0 Å². The summed E-state index contributed by atoms with van der Waals surface area (Å²) in [5.74, 6) is 1.66. The molecule has 0 amide bonds. The maximum Gasteiger partial charge on any atom is 0.142 e. The van der Waals surface area contributed by atoms with E-state index in [2.05, 4.69) is 23.1 Å². The molecule has 2 heterocycles. The normalized spacial score (nSPS) is 26.8. The van der Waals surface area contributed by atoms with Crippen LogP contribution in [-0.4, -0.2) is 26.2 Å². The van der Waals surface area contributed by atoms with Gasteiger partial charge in [-0.2, -0.15) is 0 Å². The van der Waals surface area contributed by atoms with Gasteiger partial charge in [-0.05, 0) is 36.9 Å². The minimum absolute atomic E-state index is 0.608. The van der Waals surface area contributed by atoms with Gasteiger partial charge in [0.15, 0.2) is 0 Å². The zero-order valence-electron chi connectivity index (χ0n) is 9.65. The number of para-hydroxylation sites is 1. The molecule has 16 heavy (non-hydrogen) atoms. The number of nitrogens with two attached hydrogens (primary N) is 1. The van der Waals surface area contributed by atoms with Crippen molar-refractivity contribution in [2.75, 3.05) is 25.1 Å². The third-order valence-electron chi connectivity index (χ3n) is 4.01. The molecule has 2 aliphatic heterocycles. The fourth-order valence-electron chi connectivity index (χ4n) is 3.20. The molecule has 0 radical (unpaired) electrons. The molecule has 0 spiro atoms. The van der Waals surface area contributed by atoms with Crippen molar-refractivity contribution in [2.45, 2.75) is 18.9 Å². The predicted molar refractivity (Wildman–Crippen MR) is 65.0 cm³/mol. The lowest BCUT2D eigenvalue weighted by Gasteiger charge is -2.22. The Hall–Kier alpha value is -1.22. The van der Waals surface area contributed by atoms with Crippen LogP contribution in [0.2, 0.25) is 0 Å². The molecule has 0 aromatic heterocycles.